The molecule has 21 heavy (non-hydrogen) atoms. The lowest BCUT2D eigenvalue weighted by Gasteiger charge is -2.25. The summed E-state index contributed by atoms with van der Waals surface area (Å²) in [5, 5.41) is 8.05. The minimum absolute atomic E-state index is 0.0609. The lowest BCUT2D eigenvalue weighted by molar-refractivity contribution is 0.525. The standard InChI is InChI=1S/C17H23ClN2O/c1-16(2,3)12-7-11(8-13(9-12)17(4,5)6)15-20-19-14(10-18)21-15/h7-9H,10H2,1-6H3. The summed E-state index contributed by atoms with van der Waals surface area (Å²) in [7, 11) is 0. The first-order chi connectivity index (χ1) is 9.61. The second-order valence-electron chi connectivity index (χ2n) is 7.43. The monoisotopic (exact) mass is 306 g/mol. The van der Waals surface area contributed by atoms with Gasteiger partial charge >= 0.3 is 0 Å². The van der Waals surface area contributed by atoms with Crippen molar-refractivity contribution in [2.45, 2.75) is 58.3 Å². The summed E-state index contributed by atoms with van der Waals surface area (Å²) in [4.78, 5) is 0. The molecule has 1 aromatic heterocycles. The summed E-state index contributed by atoms with van der Waals surface area (Å²) in [6.45, 7) is 13.2. The molecular formula is C17H23ClN2O. The van der Waals surface area contributed by atoms with Gasteiger partial charge in [0.05, 0.1) is 0 Å². The van der Waals surface area contributed by atoms with E-state index >= 15 is 0 Å². The van der Waals surface area contributed by atoms with Gasteiger partial charge in [-0.05, 0) is 34.1 Å². The highest BCUT2D eigenvalue weighted by Gasteiger charge is 2.22. The Labute approximate surface area is 131 Å². The zero-order valence-corrected chi connectivity index (χ0v) is 14.4. The molecule has 0 radical (unpaired) electrons. The predicted molar refractivity (Wildman–Crippen MR) is 86.7 cm³/mol. The maximum atomic E-state index is 5.74. The van der Waals surface area contributed by atoms with Crippen LogP contribution in [-0.4, -0.2) is 10.2 Å². The number of hydrogen-bond donors (Lipinski definition) is 0. The van der Waals surface area contributed by atoms with Gasteiger partial charge in [-0.3, -0.25) is 0 Å². The lowest BCUT2D eigenvalue weighted by atomic mass is 9.79. The fraction of sp³-hybridized carbons (Fsp3) is 0.529. The highest BCUT2D eigenvalue weighted by Crippen LogP contribution is 2.33. The number of benzene rings is 1. The average molecular weight is 307 g/mol. The fourth-order valence-electron chi connectivity index (χ4n) is 2.04. The van der Waals surface area contributed by atoms with Crippen LogP contribution in [0.2, 0.25) is 0 Å². The molecule has 0 aliphatic carbocycles. The van der Waals surface area contributed by atoms with Crippen LogP contribution in [0.3, 0.4) is 0 Å². The average Bonchev–Trinajstić information content (AvgIpc) is 2.85. The number of halogens is 1. The van der Waals surface area contributed by atoms with Gasteiger partial charge < -0.3 is 4.42 Å². The molecule has 0 saturated carbocycles. The number of rotatable bonds is 2. The molecule has 1 aromatic carbocycles. The third-order valence-electron chi connectivity index (χ3n) is 3.49. The molecule has 0 saturated heterocycles. The molecule has 2 aromatic rings. The van der Waals surface area contributed by atoms with E-state index in [1.54, 1.807) is 0 Å². The second-order valence-corrected chi connectivity index (χ2v) is 7.70. The van der Waals surface area contributed by atoms with Crippen molar-refractivity contribution in [1.29, 1.82) is 0 Å². The Morgan fingerprint density at radius 3 is 1.81 bits per heavy atom. The predicted octanol–water partition coefficient (Wildman–Crippen LogP) is 5.07. The van der Waals surface area contributed by atoms with Crippen molar-refractivity contribution in [3.63, 3.8) is 0 Å². The molecule has 1 heterocycles. The first-order valence-corrected chi connectivity index (χ1v) is 7.69. The molecule has 4 heteroatoms. The zero-order chi connectivity index (χ0) is 15.8. The molecule has 0 fully saturated rings. The van der Waals surface area contributed by atoms with Gasteiger partial charge in [0.1, 0.15) is 5.88 Å². The number of nitrogens with zero attached hydrogens (tertiary/aromatic N) is 2. The molecule has 0 N–H and O–H groups in total. The van der Waals surface area contributed by atoms with Crippen molar-refractivity contribution in [3.05, 3.63) is 35.2 Å². The molecule has 0 spiro atoms. The first kappa shape index (κ1) is 16.0. The van der Waals surface area contributed by atoms with Gasteiger partial charge in [0, 0.05) is 5.56 Å². The SMILES string of the molecule is CC(C)(C)c1cc(-c2nnc(CCl)o2)cc(C(C)(C)C)c1. The Balaban J connectivity index is 2.60. The topological polar surface area (TPSA) is 38.9 Å². The van der Waals surface area contributed by atoms with Crippen molar-refractivity contribution < 1.29 is 4.42 Å². The van der Waals surface area contributed by atoms with Gasteiger partial charge in [-0.15, -0.1) is 21.8 Å². The molecule has 0 amide bonds. The number of aromatic nitrogens is 2. The highest BCUT2D eigenvalue weighted by molar-refractivity contribution is 6.16. The molecule has 114 valence electrons. The van der Waals surface area contributed by atoms with E-state index in [0.29, 0.717) is 11.8 Å². The molecule has 3 nitrogen and oxygen atoms in total. The summed E-state index contributed by atoms with van der Waals surface area (Å²) in [5.74, 6) is 1.21. The Morgan fingerprint density at radius 2 is 1.43 bits per heavy atom. The summed E-state index contributed by atoms with van der Waals surface area (Å²) < 4.78 is 5.60. The van der Waals surface area contributed by atoms with E-state index in [0.717, 1.165) is 5.56 Å². The summed E-state index contributed by atoms with van der Waals surface area (Å²) in [6, 6.07) is 6.52. The van der Waals surface area contributed by atoms with Crippen molar-refractivity contribution in [1.82, 2.24) is 10.2 Å². The largest absolute Gasteiger partial charge is 0.419 e. The fourth-order valence-corrected chi connectivity index (χ4v) is 2.15. The van der Waals surface area contributed by atoms with Crippen molar-refractivity contribution in [3.8, 4) is 11.5 Å². The molecule has 0 aliphatic heterocycles. The van der Waals surface area contributed by atoms with E-state index in [2.05, 4.69) is 69.9 Å². The number of alkyl halides is 1. The van der Waals surface area contributed by atoms with Crippen molar-refractivity contribution in [2.75, 3.05) is 0 Å². The van der Waals surface area contributed by atoms with Gasteiger partial charge in [0.2, 0.25) is 11.8 Å². The van der Waals surface area contributed by atoms with Crippen LogP contribution in [0, 0.1) is 0 Å². The van der Waals surface area contributed by atoms with Crippen LogP contribution in [-0.2, 0) is 16.7 Å². The van der Waals surface area contributed by atoms with Crippen LogP contribution in [0.5, 0.6) is 0 Å². The lowest BCUT2D eigenvalue weighted by Crippen LogP contribution is -2.16. The quantitative estimate of drug-likeness (QED) is 0.727. The van der Waals surface area contributed by atoms with Crippen LogP contribution < -0.4 is 0 Å². The van der Waals surface area contributed by atoms with Gasteiger partial charge in [-0.1, -0.05) is 47.6 Å². The van der Waals surface area contributed by atoms with E-state index in [4.69, 9.17) is 16.0 Å². The summed E-state index contributed by atoms with van der Waals surface area (Å²) in [5.41, 5.74) is 3.60. The minimum Gasteiger partial charge on any atom is -0.419 e. The molecule has 0 aliphatic rings. The second kappa shape index (κ2) is 5.45. The van der Waals surface area contributed by atoms with Gasteiger partial charge in [-0.25, -0.2) is 0 Å². The van der Waals surface area contributed by atoms with Gasteiger partial charge in [0.25, 0.3) is 0 Å². The molecular weight excluding hydrogens is 284 g/mol. The van der Waals surface area contributed by atoms with Crippen LogP contribution in [0.25, 0.3) is 11.5 Å². The Bertz CT molecular complexity index is 601. The van der Waals surface area contributed by atoms with Gasteiger partial charge in [-0.2, -0.15) is 0 Å². The van der Waals surface area contributed by atoms with E-state index in [9.17, 15) is 0 Å². The summed E-state index contributed by atoms with van der Waals surface area (Å²) >= 11 is 5.74. The van der Waals surface area contributed by atoms with Crippen molar-refractivity contribution in [2.24, 2.45) is 0 Å². The van der Waals surface area contributed by atoms with Crippen molar-refractivity contribution >= 4 is 11.6 Å². The Hall–Kier alpha value is -1.35. The Morgan fingerprint density at radius 1 is 0.905 bits per heavy atom. The molecule has 2 rings (SSSR count). The van der Waals surface area contributed by atoms with Crippen LogP contribution in [0.1, 0.15) is 58.6 Å². The third kappa shape index (κ3) is 3.65. The third-order valence-corrected chi connectivity index (χ3v) is 3.72. The molecule has 0 bridgehead atoms. The molecule has 0 unspecified atom stereocenters. The van der Waals surface area contributed by atoms with E-state index in [1.165, 1.54) is 11.1 Å². The Kier molecular flexibility index (Phi) is 4.16. The maximum absolute atomic E-state index is 5.74. The maximum Gasteiger partial charge on any atom is 0.247 e. The van der Waals surface area contributed by atoms with E-state index in [-0.39, 0.29) is 16.7 Å². The minimum atomic E-state index is 0.0609. The van der Waals surface area contributed by atoms with Crippen LogP contribution in [0.15, 0.2) is 22.6 Å². The van der Waals surface area contributed by atoms with Gasteiger partial charge in [0.15, 0.2) is 0 Å². The van der Waals surface area contributed by atoms with Crippen LogP contribution >= 0.6 is 11.6 Å². The van der Waals surface area contributed by atoms with E-state index < -0.39 is 0 Å². The smallest absolute Gasteiger partial charge is 0.247 e. The summed E-state index contributed by atoms with van der Waals surface area (Å²) in [6.07, 6.45) is 0. The number of hydrogen-bond acceptors (Lipinski definition) is 3. The van der Waals surface area contributed by atoms with Crippen LogP contribution in [0.4, 0.5) is 0 Å². The normalized spacial score (nSPS) is 12.7. The van der Waals surface area contributed by atoms with E-state index in [1.807, 2.05) is 0 Å². The molecule has 0 atom stereocenters. The highest BCUT2D eigenvalue weighted by atomic mass is 35.5. The zero-order valence-electron chi connectivity index (χ0n) is 13.6. The first-order valence-electron chi connectivity index (χ1n) is 7.16.